The molecule has 2 aromatic rings. The molecule has 96 valence electrons. The van der Waals surface area contributed by atoms with Crippen LogP contribution in [-0.2, 0) is 6.42 Å². The minimum Gasteiger partial charge on any atom is -0.319 e. The first kappa shape index (κ1) is 14.1. The SMILES string of the molecule is CNCC(Cc1cc(Br)cs1)c1cccc(Cl)c1. The summed E-state index contributed by atoms with van der Waals surface area (Å²) in [5.74, 6) is 0.458. The first-order valence-corrected chi connectivity index (χ1v) is 7.87. The normalized spacial score (nSPS) is 12.6. The molecule has 1 aromatic heterocycles. The summed E-state index contributed by atoms with van der Waals surface area (Å²) in [7, 11) is 1.99. The van der Waals surface area contributed by atoms with Gasteiger partial charge in [-0.1, -0.05) is 23.7 Å². The van der Waals surface area contributed by atoms with Gasteiger partial charge in [0.05, 0.1) is 0 Å². The topological polar surface area (TPSA) is 12.0 Å². The second-order valence-electron chi connectivity index (χ2n) is 4.24. The van der Waals surface area contributed by atoms with E-state index in [0.717, 1.165) is 22.5 Å². The van der Waals surface area contributed by atoms with Crippen molar-refractivity contribution in [2.45, 2.75) is 12.3 Å². The molecule has 1 heterocycles. The zero-order valence-electron chi connectivity index (χ0n) is 10.1. The molecule has 1 aromatic carbocycles. The lowest BCUT2D eigenvalue weighted by atomic mass is 9.95. The van der Waals surface area contributed by atoms with Crippen molar-refractivity contribution in [3.63, 3.8) is 0 Å². The highest BCUT2D eigenvalue weighted by Gasteiger charge is 2.13. The van der Waals surface area contributed by atoms with Gasteiger partial charge < -0.3 is 5.32 Å². The zero-order valence-corrected chi connectivity index (χ0v) is 13.3. The molecule has 1 atom stereocenters. The Labute approximate surface area is 125 Å². The van der Waals surface area contributed by atoms with Crippen molar-refractivity contribution in [2.24, 2.45) is 0 Å². The van der Waals surface area contributed by atoms with E-state index < -0.39 is 0 Å². The zero-order chi connectivity index (χ0) is 13.0. The Morgan fingerprint density at radius 3 is 2.83 bits per heavy atom. The van der Waals surface area contributed by atoms with Crippen LogP contribution in [-0.4, -0.2) is 13.6 Å². The largest absolute Gasteiger partial charge is 0.319 e. The van der Waals surface area contributed by atoms with Crippen LogP contribution in [0.2, 0.25) is 5.02 Å². The molecular weight excluding hydrogens is 330 g/mol. The molecule has 0 aliphatic rings. The van der Waals surface area contributed by atoms with E-state index in [-0.39, 0.29) is 0 Å². The van der Waals surface area contributed by atoms with Crippen molar-refractivity contribution in [3.05, 3.63) is 55.6 Å². The van der Waals surface area contributed by atoms with Crippen LogP contribution in [0.3, 0.4) is 0 Å². The maximum absolute atomic E-state index is 6.07. The van der Waals surface area contributed by atoms with E-state index in [9.17, 15) is 0 Å². The van der Waals surface area contributed by atoms with Crippen LogP contribution in [0, 0.1) is 0 Å². The Morgan fingerprint density at radius 1 is 1.39 bits per heavy atom. The average Bonchev–Trinajstić information content (AvgIpc) is 2.74. The smallest absolute Gasteiger partial charge is 0.0408 e. The average molecular weight is 345 g/mol. The van der Waals surface area contributed by atoms with Gasteiger partial charge in [-0.05, 0) is 53.2 Å². The number of thiophene rings is 1. The maximum atomic E-state index is 6.07. The Hall–Kier alpha value is -0.350. The Kier molecular flexibility index (Phi) is 5.25. The van der Waals surface area contributed by atoms with E-state index in [1.807, 2.05) is 19.2 Å². The predicted octanol–water partition coefficient (Wildman–Crippen LogP) is 4.71. The van der Waals surface area contributed by atoms with Crippen molar-refractivity contribution >= 4 is 38.9 Å². The molecule has 0 bridgehead atoms. The van der Waals surface area contributed by atoms with E-state index in [4.69, 9.17) is 11.6 Å². The molecule has 0 aliphatic heterocycles. The maximum Gasteiger partial charge on any atom is 0.0408 e. The molecule has 1 unspecified atom stereocenters. The van der Waals surface area contributed by atoms with E-state index in [0.29, 0.717) is 5.92 Å². The molecule has 18 heavy (non-hydrogen) atoms. The molecule has 1 N–H and O–H groups in total. The molecule has 0 aliphatic carbocycles. The number of hydrogen-bond donors (Lipinski definition) is 1. The fourth-order valence-corrected chi connectivity index (χ4v) is 3.75. The van der Waals surface area contributed by atoms with Gasteiger partial charge >= 0.3 is 0 Å². The number of hydrogen-bond acceptors (Lipinski definition) is 2. The first-order valence-electron chi connectivity index (χ1n) is 5.82. The summed E-state index contributed by atoms with van der Waals surface area (Å²) >= 11 is 11.4. The summed E-state index contributed by atoms with van der Waals surface area (Å²) in [6.45, 7) is 0.954. The van der Waals surface area contributed by atoms with Crippen molar-refractivity contribution in [1.82, 2.24) is 5.32 Å². The van der Waals surface area contributed by atoms with Gasteiger partial charge in [0, 0.05) is 32.2 Å². The van der Waals surface area contributed by atoms with E-state index >= 15 is 0 Å². The Morgan fingerprint density at radius 2 is 2.22 bits per heavy atom. The molecule has 2 rings (SSSR count). The number of benzene rings is 1. The monoisotopic (exact) mass is 343 g/mol. The third-order valence-electron chi connectivity index (χ3n) is 2.84. The minimum absolute atomic E-state index is 0.458. The van der Waals surface area contributed by atoms with Crippen LogP contribution in [0.15, 0.2) is 40.2 Å². The van der Waals surface area contributed by atoms with Crippen LogP contribution in [0.5, 0.6) is 0 Å². The Bertz CT molecular complexity index is 512. The van der Waals surface area contributed by atoms with Crippen molar-refractivity contribution in [1.29, 1.82) is 0 Å². The highest BCUT2D eigenvalue weighted by Crippen LogP contribution is 2.27. The van der Waals surface area contributed by atoms with Crippen molar-refractivity contribution in [3.8, 4) is 0 Å². The van der Waals surface area contributed by atoms with Gasteiger partial charge in [0.2, 0.25) is 0 Å². The summed E-state index contributed by atoms with van der Waals surface area (Å²) in [5.41, 5.74) is 1.29. The summed E-state index contributed by atoms with van der Waals surface area (Å²) in [5, 5.41) is 6.20. The molecular formula is C14H15BrClNS. The molecule has 0 saturated heterocycles. The van der Waals surface area contributed by atoms with Gasteiger partial charge in [0.15, 0.2) is 0 Å². The van der Waals surface area contributed by atoms with E-state index in [2.05, 4.69) is 44.8 Å². The Balaban J connectivity index is 2.17. The fourth-order valence-electron chi connectivity index (χ4n) is 2.02. The number of likely N-dealkylation sites (N-methyl/N-ethyl adjacent to an activating group) is 1. The van der Waals surface area contributed by atoms with Gasteiger partial charge in [0.1, 0.15) is 0 Å². The lowest BCUT2D eigenvalue weighted by Crippen LogP contribution is -2.18. The molecule has 0 amide bonds. The van der Waals surface area contributed by atoms with Crippen LogP contribution in [0.1, 0.15) is 16.4 Å². The number of halogens is 2. The minimum atomic E-state index is 0.458. The molecule has 0 saturated carbocycles. The summed E-state index contributed by atoms with van der Waals surface area (Å²) < 4.78 is 1.16. The molecule has 0 radical (unpaired) electrons. The molecule has 0 spiro atoms. The fraction of sp³-hybridized carbons (Fsp3) is 0.286. The molecule has 0 fully saturated rings. The number of rotatable bonds is 5. The second-order valence-corrected chi connectivity index (χ2v) is 6.59. The van der Waals surface area contributed by atoms with E-state index in [1.165, 1.54) is 10.4 Å². The summed E-state index contributed by atoms with van der Waals surface area (Å²) in [4.78, 5) is 1.39. The van der Waals surface area contributed by atoms with Crippen LogP contribution < -0.4 is 5.32 Å². The number of nitrogens with one attached hydrogen (secondary N) is 1. The summed E-state index contributed by atoms with van der Waals surface area (Å²) in [6.07, 6.45) is 1.04. The third-order valence-corrected chi connectivity index (χ3v) is 4.79. The van der Waals surface area contributed by atoms with Crippen molar-refractivity contribution in [2.75, 3.05) is 13.6 Å². The summed E-state index contributed by atoms with van der Waals surface area (Å²) in [6, 6.07) is 10.3. The lowest BCUT2D eigenvalue weighted by Gasteiger charge is -2.16. The van der Waals surface area contributed by atoms with Crippen molar-refractivity contribution < 1.29 is 0 Å². The molecule has 4 heteroatoms. The predicted molar refractivity (Wildman–Crippen MR) is 83.8 cm³/mol. The van der Waals surface area contributed by atoms with Gasteiger partial charge in [-0.3, -0.25) is 0 Å². The second kappa shape index (κ2) is 6.71. The van der Waals surface area contributed by atoms with E-state index in [1.54, 1.807) is 11.3 Å². The van der Waals surface area contributed by atoms with Gasteiger partial charge in [-0.25, -0.2) is 0 Å². The highest BCUT2D eigenvalue weighted by atomic mass is 79.9. The van der Waals surface area contributed by atoms with Gasteiger partial charge in [0.25, 0.3) is 0 Å². The van der Waals surface area contributed by atoms with Crippen LogP contribution in [0.4, 0.5) is 0 Å². The lowest BCUT2D eigenvalue weighted by molar-refractivity contribution is 0.630. The highest BCUT2D eigenvalue weighted by molar-refractivity contribution is 9.10. The molecule has 1 nitrogen and oxygen atoms in total. The van der Waals surface area contributed by atoms with Crippen LogP contribution >= 0.6 is 38.9 Å². The van der Waals surface area contributed by atoms with Crippen LogP contribution in [0.25, 0.3) is 0 Å². The third kappa shape index (κ3) is 3.82. The quantitative estimate of drug-likeness (QED) is 0.828. The standard InChI is InChI=1S/C14H15BrClNS/c1-17-8-11(6-14-7-12(15)9-18-14)10-3-2-4-13(16)5-10/h2-5,7,9,11,17H,6,8H2,1H3. The first-order chi connectivity index (χ1) is 8.69. The van der Waals surface area contributed by atoms with Gasteiger partial charge in [-0.2, -0.15) is 0 Å². The van der Waals surface area contributed by atoms with Gasteiger partial charge in [-0.15, -0.1) is 11.3 Å².